The van der Waals surface area contributed by atoms with E-state index in [4.69, 9.17) is 4.74 Å². The highest BCUT2D eigenvalue weighted by atomic mass is 16.5. The summed E-state index contributed by atoms with van der Waals surface area (Å²) in [5.41, 5.74) is 1.62. The van der Waals surface area contributed by atoms with E-state index in [1.807, 2.05) is 37.3 Å². The predicted octanol–water partition coefficient (Wildman–Crippen LogP) is 1.36. The summed E-state index contributed by atoms with van der Waals surface area (Å²) in [6.45, 7) is 1.81. The summed E-state index contributed by atoms with van der Waals surface area (Å²) in [4.78, 5) is 31.2. The van der Waals surface area contributed by atoms with Crippen LogP contribution in [0.4, 0.5) is 4.79 Å². The number of hydrogen-bond donors (Lipinski definition) is 4. The van der Waals surface area contributed by atoms with Gasteiger partial charge in [-0.05, 0) is 12.5 Å². The molecule has 1 aromatic rings. The number of amides is 2. The predicted molar refractivity (Wildman–Crippen MR) is 94.4 cm³/mol. The average molecular weight is 352 g/mol. The molecule has 2 amide bonds. The number of rotatable bonds is 2. The molecule has 0 aromatic heterocycles. The third-order valence-corrected chi connectivity index (χ3v) is 4.12. The lowest BCUT2D eigenvalue weighted by Crippen LogP contribution is -2.41. The van der Waals surface area contributed by atoms with Crippen LogP contribution in [0.1, 0.15) is 24.1 Å². The first-order valence-electron chi connectivity index (χ1n) is 8.03. The Hall–Kier alpha value is -3.62. The number of amidine groups is 1. The standard InChI is InChI=1S/C17H16N6O3/c1-9(10-5-3-2-4-6-10)20-17(25)22-14-11-7-19-23-15-12(11)13(16(24)21-15)26-8-18-14/h2-7,9,19H,8H2,1H3,(H,21,23,24)(H2,18,20,22,25)/t9-/m1/s1. The summed E-state index contributed by atoms with van der Waals surface area (Å²) in [6, 6.07) is 9.02. The SMILES string of the molecule is C[C@@H](NC(=O)NC1=NCOc2c3c1c[nH]nc-3[nH]c2=O)c1ccccc1. The summed E-state index contributed by atoms with van der Waals surface area (Å²) in [6.07, 6.45) is 1.56. The van der Waals surface area contributed by atoms with Crippen LogP contribution in [0.5, 0.6) is 5.75 Å². The van der Waals surface area contributed by atoms with Crippen molar-refractivity contribution >= 4 is 11.9 Å². The number of nitrogens with one attached hydrogen (secondary N) is 4. The molecule has 0 spiro atoms. The van der Waals surface area contributed by atoms with E-state index >= 15 is 0 Å². The zero-order valence-corrected chi connectivity index (χ0v) is 13.9. The highest BCUT2D eigenvalue weighted by Crippen LogP contribution is 2.31. The first-order valence-corrected chi connectivity index (χ1v) is 8.03. The van der Waals surface area contributed by atoms with Crippen LogP contribution < -0.4 is 20.9 Å². The van der Waals surface area contributed by atoms with E-state index in [0.29, 0.717) is 22.8 Å². The van der Waals surface area contributed by atoms with E-state index < -0.39 is 6.03 Å². The van der Waals surface area contributed by atoms with Gasteiger partial charge in [-0.25, -0.2) is 9.79 Å². The van der Waals surface area contributed by atoms with Gasteiger partial charge < -0.3 is 15.0 Å². The number of aromatic amines is 2. The number of nitrogens with zero attached hydrogens (tertiary/aromatic N) is 2. The fraction of sp³-hybridized carbons (Fsp3) is 0.176. The number of hydrogen-bond acceptors (Lipinski definition) is 5. The molecule has 0 saturated carbocycles. The molecule has 1 atom stereocenters. The van der Waals surface area contributed by atoms with E-state index in [-0.39, 0.29) is 24.1 Å². The van der Waals surface area contributed by atoms with Gasteiger partial charge in [-0.1, -0.05) is 30.3 Å². The Balaban J connectivity index is 1.57. The Morgan fingerprint density at radius 2 is 2.12 bits per heavy atom. The van der Waals surface area contributed by atoms with Gasteiger partial charge in [-0.15, -0.1) is 0 Å². The highest BCUT2D eigenvalue weighted by Gasteiger charge is 2.27. The fourth-order valence-corrected chi connectivity index (χ4v) is 2.86. The van der Waals surface area contributed by atoms with Crippen LogP contribution in [-0.2, 0) is 0 Å². The summed E-state index contributed by atoms with van der Waals surface area (Å²) in [5.74, 6) is 0.788. The van der Waals surface area contributed by atoms with E-state index in [2.05, 4.69) is 30.8 Å². The topological polar surface area (TPSA) is 124 Å². The molecule has 0 fully saturated rings. The summed E-state index contributed by atoms with van der Waals surface area (Å²) in [7, 11) is 0. The molecule has 9 heteroatoms. The van der Waals surface area contributed by atoms with Gasteiger partial charge in [0.25, 0.3) is 5.56 Å². The Labute approximate surface area is 147 Å². The molecule has 3 heterocycles. The van der Waals surface area contributed by atoms with Crippen molar-refractivity contribution in [1.29, 1.82) is 0 Å². The second kappa shape index (κ2) is 6.36. The quantitative estimate of drug-likeness (QED) is 0.556. The van der Waals surface area contributed by atoms with Crippen molar-refractivity contribution < 1.29 is 9.53 Å². The van der Waals surface area contributed by atoms with Gasteiger partial charge in [0.2, 0.25) is 0 Å². The molecular weight excluding hydrogens is 336 g/mol. The number of ether oxygens (including phenoxy) is 1. The van der Waals surface area contributed by atoms with Gasteiger partial charge in [0.05, 0.1) is 11.6 Å². The maximum absolute atomic E-state index is 12.4. The van der Waals surface area contributed by atoms with Gasteiger partial charge in [-0.2, -0.15) is 5.10 Å². The van der Waals surface area contributed by atoms with Crippen molar-refractivity contribution in [2.45, 2.75) is 13.0 Å². The molecule has 132 valence electrons. The lowest BCUT2D eigenvalue weighted by Gasteiger charge is -2.16. The molecule has 4 N–H and O–H groups in total. The van der Waals surface area contributed by atoms with Crippen molar-refractivity contribution in [3.63, 3.8) is 0 Å². The average Bonchev–Trinajstić information content (AvgIpc) is 2.84. The third kappa shape index (κ3) is 2.79. The Morgan fingerprint density at radius 1 is 1.31 bits per heavy atom. The van der Waals surface area contributed by atoms with Crippen LogP contribution in [0.25, 0.3) is 11.4 Å². The second-order valence-corrected chi connectivity index (χ2v) is 5.82. The van der Waals surface area contributed by atoms with Crippen LogP contribution in [-0.4, -0.2) is 33.8 Å². The summed E-state index contributed by atoms with van der Waals surface area (Å²) >= 11 is 0. The van der Waals surface area contributed by atoms with Crippen molar-refractivity contribution in [2.75, 3.05) is 6.73 Å². The minimum atomic E-state index is -0.411. The number of carbonyl (C=O) groups excluding carboxylic acids is 1. The van der Waals surface area contributed by atoms with Crippen molar-refractivity contribution in [3.05, 3.63) is 58.0 Å². The second-order valence-electron chi connectivity index (χ2n) is 5.82. The molecule has 3 aliphatic heterocycles. The van der Waals surface area contributed by atoms with Gasteiger partial charge in [0.1, 0.15) is 5.84 Å². The largest absolute Gasteiger partial charge is 0.465 e. The number of H-pyrrole nitrogens is 2. The lowest BCUT2D eigenvalue weighted by molar-refractivity contribution is 0.242. The number of benzene rings is 1. The number of urea groups is 1. The molecular formula is C17H16N6O3. The first-order chi connectivity index (χ1) is 12.6. The fourth-order valence-electron chi connectivity index (χ4n) is 2.86. The van der Waals surface area contributed by atoms with Gasteiger partial charge in [-0.3, -0.25) is 15.2 Å². The van der Waals surface area contributed by atoms with Gasteiger partial charge in [0, 0.05) is 11.8 Å². The maximum Gasteiger partial charge on any atom is 0.320 e. The monoisotopic (exact) mass is 352 g/mol. The van der Waals surface area contributed by atoms with Gasteiger partial charge in [0.15, 0.2) is 18.3 Å². The summed E-state index contributed by atoms with van der Waals surface area (Å²) < 4.78 is 5.40. The van der Waals surface area contributed by atoms with Crippen LogP contribution in [0.2, 0.25) is 0 Å². The van der Waals surface area contributed by atoms with Crippen LogP contribution in [0.3, 0.4) is 0 Å². The zero-order valence-electron chi connectivity index (χ0n) is 13.9. The van der Waals surface area contributed by atoms with Gasteiger partial charge >= 0.3 is 6.03 Å². The van der Waals surface area contributed by atoms with Crippen LogP contribution >= 0.6 is 0 Å². The molecule has 1 aromatic carbocycles. The molecule has 9 nitrogen and oxygen atoms in total. The molecule has 0 aliphatic carbocycles. The number of carbonyl (C=O) groups is 1. The molecule has 3 aliphatic rings. The zero-order chi connectivity index (χ0) is 18.1. The minimum absolute atomic E-state index is 0.0826. The van der Waals surface area contributed by atoms with Crippen molar-refractivity contribution in [1.82, 2.24) is 25.8 Å². The molecule has 0 bridgehead atoms. The molecule has 4 rings (SSSR count). The molecule has 26 heavy (non-hydrogen) atoms. The minimum Gasteiger partial charge on any atom is -0.465 e. The van der Waals surface area contributed by atoms with Crippen molar-refractivity contribution in [2.24, 2.45) is 4.99 Å². The Kier molecular flexibility index (Phi) is 3.88. The normalized spacial score (nSPS) is 14.1. The molecule has 0 radical (unpaired) electrons. The third-order valence-electron chi connectivity index (χ3n) is 4.12. The molecule has 0 unspecified atom stereocenters. The smallest absolute Gasteiger partial charge is 0.320 e. The van der Waals surface area contributed by atoms with E-state index in [1.54, 1.807) is 6.20 Å². The van der Waals surface area contributed by atoms with E-state index in [1.165, 1.54) is 0 Å². The van der Waals surface area contributed by atoms with E-state index in [9.17, 15) is 9.59 Å². The Morgan fingerprint density at radius 3 is 2.92 bits per heavy atom. The van der Waals surface area contributed by atoms with Crippen LogP contribution in [0.15, 0.2) is 46.3 Å². The lowest BCUT2D eigenvalue weighted by atomic mass is 10.1. The number of aromatic nitrogens is 3. The number of aliphatic imine (C=N–C) groups is 1. The molecule has 0 saturated heterocycles. The van der Waals surface area contributed by atoms with Crippen LogP contribution in [0, 0.1) is 0 Å². The Bertz CT molecular complexity index is 1010. The highest BCUT2D eigenvalue weighted by molar-refractivity contribution is 6.11. The summed E-state index contributed by atoms with van der Waals surface area (Å²) in [5, 5.41) is 12.3. The van der Waals surface area contributed by atoms with Crippen molar-refractivity contribution in [3.8, 4) is 17.1 Å². The first kappa shape index (κ1) is 15.9. The van der Waals surface area contributed by atoms with E-state index in [0.717, 1.165) is 5.56 Å². The maximum atomic E-state index is 12.4.